The lowest BCUT2D eigenvalue weighted by atomic mass is 10.2. The molecule has 1 aliphatic heterocycles. The summed E-state index contributed by atoms with van der Waals surface area (Å²) in [5.41, 5.74) is 3.04. The SMILES string of the molecule is O=C(NCC(=O)N1CCN(c2nc(-c3ccsc3)cs2)CC1)OCc1ccccc1. The molecule has 1 aliphatic rings. The number of carbonyl (C=O) groups excluding carboxylic acids is 2. The highest BCUT2D eigenvalue weighted by molar-refractivity contribution is 7.14. The van der Waals surface area contributed by atoms with E-state index in [9.17, 15) is 9.59 Å². The summed E-state index contributed by atoms with van der Waals surface area (Å²) in [5.74, 6) is -0.107. The Morgan fingerprint density at radius 2 is 1.87 bits per heavy atom. The van der Waals surface area contributed by atoms with Gasteiger partial charge in [-0.05, 0) is 17.0 Å². The number of nitrogens with one attached hydrogen (secondary N) is 1. The minimum absolute atomic E-state index is 0.0623. The average Bonchev–Trinajstić information content (AvgIpc) is 3.49. The van der Waals surface area contributed by atoms with Crippen LogP contribution in [0.5, 0.6) is 0 Å². The highest BCUT2D eigenvalue weighted by atomic mass is 32.1. The number of hydrogen-bond donors (Lipinski definition) is 1. The van der Waals surface area contributed by atoms with Crippen LogP contribution in [0.25, 0.3) is 11.3 Å². The van der Waals surface area contributed by atoms with Crippen LogP contribution in [0.15, 0.2) is 52.5 Å². The zero-order valence-corrected chi connectivity index (χ0v) is 18.0. The summed E-state index contributed by atoms with van der Waals surface area (Å²) in [7, 11) is 0. The maximum atomic E-state index is 12.4. The second-order valence-electron chi connectivity index (χ2n) is 6.81. The molecule has 1 fully saturated rings. The first-order valence-electron chi connectivity index (χ1n) is 9.64. The topological polar surface area (TPSA) is 74.8 Å². The third-order valence-electron chi connectivity index (χ3n) is 4.81. The van der Waals surface area contributed by atoms with E-state index in [4.69, 9.17) is 9.72 Å². The Morgan fingerprint density at radius 3 is 2.60 bits per heavy atom. The van der Waals surface area contributed by atoms with Crippen molar-refractivity contribution in [1.82, 2.24) is 15.2 Å². The number of nitrogens with zero attached hydrogens (tertiary/aromatic N) is 3. The number of thiophene rings is 1. The first kappa shape index (κ1) is 20.4. The third-order valence-corrected chi connectivity index (χ3v) is 6.39. The van der Waals surface area contributed by atoms with E-state index in [0.717, 1.165) is 35.0 Å². The minimum atomic E-state index is -0.588. The predicted molar refractivity (Wildman–Crippen MR) is 119 cm³/mol. The summed E-state index contributed by atoms with van der Waals surface area (Å²) in [6, 6.07) is 11.5. The van der Waals surface area contributed by atoms with Gasteiger partial charge in [0, 0.05) is 42.5 Å². The fourth-order valence-electron chi connectivity index (χ4n) is 3.13. The largest absolute Gasteiger partial charge is 0.445 e. The van der Waals surface area contributed by atoms with Crippen molar-refractivity contribution in [3.63, 3.8) is 0 Å². The number of thiazole rings is 1. The molecule has 0 bridgehead atoms. The smallest absolute Gasteiger partial charge is 0.407 e. The maximum absolute atomic E-state index is 12.4. The van der Waals surface area contributed by atoms with Gasteiger partial charge in [0.25, 0.3) is 0 Å². The van der Waals surface area contributed by atoms with Gasteiger partial charge >= 0.3 is 6.09 Å². The van der Waals surface area contributed by atoms with Gasteiger partial charge < -0.3 is 19.9 Å². The second-order valence-corrected chi connectivity index (χ2v) is 8.43. The summed E-state index contributed by atoms with van der Waals surface area (Å²) < 4.78 is 5.14. The number of piperazine rings is 1. The standard InChI is InChI=1S/C21H22N4O3S2/c26-19(12-22-21(27)28-13-16-4-2-1-3-5-16)24-7-9-25(10-8-24)20-23-18(15-30-20)17-6-11-29-14-17/h1-6,11,14-15H,7-10,12-13H2,(H,22,27). The number of benzene rings is 1. The number of ether oxygens (including phenoxy) is 1. The Balaban J connectivity index is 1.19. The van der Waals surface area contributed by atoms with E-state index >= 15 is 0 Å². The van der Waals surface area contributed by atoms with Gasteiger partial charge in [-0.25, -0.2) is 9.78 Å². The zero-order valence-electron chi connectivity index (χ0n) is 16.3. The summed E-state index contributed by atoms with van der Waals surface area (Å²) >= 11 is 3.28. The van der Waals surface area contributed by atoms with E-state index in [2.05, 4.69) is 27.0 Å². The Bertz CT molecular complexity index is 967. The van der Waals surface area contributed by atoms with E-state index < -0.39 is 6.09 Å². The molecule has 156 valence electrons. The number of carbonyl (C=O) groups is 2. The molecule has 1 saturated heterocycles. The van der Waals surface area contributed by atoms with Crippen LogP contribution in [0.3, 0.4) is 0 Å². The van der Waals surface area contributed by atoms with Crippen LogP contribution in [-0.4, -0.2) is 54.6 Å². The number of amides is 2. The fraction of sp³-hybridized carbons (Fsp3) is 0.286. The molecule has 1 aromatic carbocycles. The normalized spacial score (nSPS) is 13.9. The van der Waals surface area contributed by atoms with Gasteiger partial charge in [0.2, 0.25) is 5.91 Å². The molecule has 2 amide bonds. The lowest BCUT2D eigenvalue weighted by Crippen LogP contribution is -2.51. The number of anilines is 1. The lowest BCUT2D eigenvalue weighted by Gasteiger charge is -2.34. The first-order chi connectivity index (χ1) is 14.7. The summed E-state index contributed by atoms with van der Waals surface area (Å²) in [6.45, 7) is 2.77. The van der Waals surface area contributed by atoms with Gasteiger partial charge in [0.15, 0.2) is 5.13 Å². The predicted octanol–water partition coefficient (Wildman–Crippen LogP) is 3.45. The van der Waals surface area contributed by atoms with Gasteiger partial charge in [-0.15, -0.1) is 11.3 Å². The zero-order chi connectivity index (χ0) is 20.8. The Hall–Kier alpha value is -2.91. The second kappa shape index (κ2) is 9.73. The fourth-order valence-corrected chi connectivity index (χ4v) is 4.67. The highest BCUT2D eigenvalue weighted by Gasteiger charge is 2.23. The van der Waals surface area contributed by atoms with Crippen LogP contribution < -0.4 is 10.2 Å². The van der Waals surface area contributed by atoms with Gasteiger partial charge in [0.05, 0.1) is 5.69 Å². The maximum Gasteiger partial charge on any atom is 0.407 e. The van der Waals surface area contributed by atoms with Crippen molar-refractivity contribution < 1.29 is 14.3 Å². The van der Waals surface area contributed by atoms with E-state index in [0.29, 0.717) is 13.1 Å². The monoisotopic (exact) mass is 442 g/mol. The van der Waals surface area contributed by atoms with Crippen LogP contribution in [0, 0.1) is 0 Å². The molecule has 0 spiro atoms. The molecule has 4 rings (SSSR count). The van der Waals surface area contributed by atoms with Gasteiger partial charge in [-0.2, -0.15) is 11.3 Å². The molecule has 7 nitrogen and oxygen atoms in total. The number of alkyl carbamates (subject to hydrolysis) is 1. The van der Waals surface area contributed by atoms with Crippen molar-refractivity contribution in [2.45, 2.75) is 6.61 Å². The van der Waals surface area contributed by atoms with E-state index in [-0.39, 0.29) is 19.1 Å². The molecule has 1 N–H and O–H groups in total. The molecule has 9 heteroatoms. The molecular formula is C21H22N4O3S2. The summed E-state index contributed by atoms with van der Waals surface area (Å²) in [6.07, 6.45) is -0.588. The van der Waals surface area contributed by atoms with Crippen molar-refractivity contribution in [3.05, 3.63) is 58.1 Å². The van der Waals surface area contributed by atoms with Crippen molar-refractivity contribution in [1.29, 1.82) is 0 Å². The summed E-state index contributed by atoms with van der Waals surface area (Å²) in [5, 5.41) is 9.72. The van der Waals surface area contributed by atoms with Gasteiger partial charge in [0.1, 0.15) is 13.2 Å². The number of hydrogen-bond acceptors (Lipinski definition) is 7. The van der Waals surface area contributed by atoms with E-state index in [1.165, 1.54) is 0 Å². The molecule has 2 aromatic heterocycles. The summed E-state index contributed by atoms with van der Waals surface area (Å²) in [4.78, 5) is 32.9. The van der Waals surface area contributed by atoms with Crippen LogP contribution in [0.1, 0.15) is 5.56 Å². The molecule has 30 heavy (non-hydrogen) atoms. The van der Waals surface area contributed by atoms with Crippen molar-refractivity contribution >= 4 is 39.8 Å². The first-order valence-corrected chi connectivity index (χ1v) is 11.5. The van der Waals surface area contributed by atoms with Crippen molar-refractivity contribution in [3.8, 4) is 11.3 Å². The lowest BCUT2D eigenvalue weighted by molar-refractivity contribution is -0.130. The van der Waals surface area contributed by atoms with Gasteiger partial charge in [-0.3, -0.25) is 4.79 Å². The van der Waals surface area contributed by atoms with Crippen LogP contribution in [0.2, 0.25) is 0 Å². The Kier molecular flexibility index (Phi) is 6.60. The molecule has 3 aromatic rings. The molecule has 0 aliphatic carbocycles. The molecule has 0 atom stereocenters. The molecule has 0 radical (unpaired) electrons. The Morgan fingerprint density at radius 1 is 1.07 bits per heavy atom. The van der Waals surface area contributed by atoms with Crippen molar-refractivity contribution in [2.24, 2.45) is 0 Å². The van der Waals surface area contributed by atoms with Crippen LogP contribution >= 0.6 is 22.7 Å². The molecule has 0 saturated carbocycles. The van der Waals surface area contributed by atoms with Crippen molar-refractivity contribution in [2.75, 3.05) is 37.6 Å². The van der Waals surface area contributed by atoms with E-state index in [1.807, 2.05) is 35.7 Å². The number of rotatable bonds is 6. The molecule has 3 heterocycles. The van der Waals surface area contributed by atoms with Gasteiger partial charge in [-0.1, -0.05) is 30.3 Å². The van der Waals surface area contributed by atoms with Crippen LogP contribution in [0.4, 0.5) is 9.93 Å². The highest BCUT2D eigenvalue weighted by Crippen LogP contribution is 2.29. The third kappa shape index (κ3) is 5.17. The van der Waals surface area contributed by atoms with Crippen LogP contribution in [-0.2, 0) is 16.1 Å². The minimum Gasteiger partial charge on any atom is -0.445 e. The quantitative estimate of drug-likeness (QED) is 0.633. The average molecular weight is 443 g/mol. The number of aromatic nitrogens is 1. The Labute approximate surface area is 182 Å². The molecular weight excluding hydrogens is 420 g/mol. The molecule has 0 unspecified atom stereocenters. The van der Waals surface area contributed by atoms with E-state index in [1.54, 1.807) is 27.6 Å².